The molecule has 0 unspecified atom stereocenters. The highest BCUT2D eigenvalue weighted by Gasteiger charge is 1.90. The fourth-order valence-corrected chi connectivity index (χ4v) is 1.23. The van der Waals surface area contributed by atoms with Gasteiger partial charge in [0.1, 0.15) is 5.75 Å². The van der Waals surface area contributed by atoms with Gasteiger partial charge in [0.2, 0.25) is 0 Å². The van der Waals surface area contributed by atoms with Crippen molar-refractivity contribution >= 4 is 0 Å². The summed E-state index contributed by atoms with van der Waals surface area (Å²) in [5.74, 6) is 7.22. The van der Waals surface area contributed by atoms with E-state index < -0.39 is 0 Å². The molecule has 0 heterocycles. The molecule has 0 aromatic heterocycles. The molecule has 0 bridgehead atoms. The van der Waals surface area contributed by atoms with Crippen molar-refractivity contribution in [2.24, 2.45) is 0 Å². The normalized spacial score (nSPS) is 9.20. The Kier molecular flexibility index (Phi) is 5.40. The highest BCUT2D eigenvalue weighted by Crippen LogP contribution is 2.11. The molecule has 0 atom stereocenters. The third kappa shape index (κ3) is 4.56. The van der Waals surface area contributed by atoms with Crippen LogP contribution in [0.5, 0.6) is 5.75 Å². The zero-order valence-electron chi connectivity index (χ0n) is 9.55. The number of hydrogen-bond donors (Lipinski definition) is 0. The summed E-state index contributed by atoms with van der Waals surface area (Å²) in [6.07, 6.45) is 3.38. The van der Waals surface area contributed by atoms with E-state index in [-0.39, 0.29) is 0 Å². The van der Waals surface area contributed by atoms with Crippen LogP contribution in [0.4, 0.5) is 0 Å². The molecule has 0 saturated carbocycles. The maximum Gasteiger partial charge on any atom is 0.119 e. The number of rotatable bonds is 4. The minimum atomic E-state index is 0.710. The second-order valence-electron chi connectivity index (χ2n) is 3.36. The van der Waals surface area contributed by atoms with Gasteiger partial charge in [0, 0.05) is 12.0 Å². The largest absolute Gasteiger partial charge is 0.494 e. The first-order valence-electron chi connectivity index (χ1n) is 5.58. The molecule has 0 fully saturated rings. The highest BCUT2D eigenvalue weighted by molar-refractivity contribution is 5.38. The van der Waals surface area contributed by atoms with Crippen LogP contribution >= 0.6 is 0 Å². The Morgan fingerprint density at radius 3 is 2.47 bits per heavy atom. The van der Waals surface area contributed by atoms with Gasteiger partial charge in [0.05, 0.1) is 6.61 Å². The smallest absolute Gasteiger partial charge is 0.119 e. The predicted octanol–water partition coefficient (Wildman–Crippen LogP) is 3.63. The van der Waals surface area contributed by atoms with Crippen molar-refractivity contribution in [2.75, 3.05) is 6.61 Å². The molecule has 0 aliphatic rings. The van der Waals surface area contributed by atoms with Crippen LogP contribution in [0.1, 0.15) is 38.7 Å². The predicted molar refractivity (Wildman–Crippen MR) is 64.0 cm³/mol. The summed E-state index contributed by atoms with van der Waals surface area (Å²) >= 11 is 0. The van der Waals surface area contributed by atoms with Crippen LogP contribution in [0.2, 0.25) is 0 Å². The van der Waals surface area contributed by atoms with Crippen molar-refractivity contribution in [3.05, 3.63) is 29.8 Å². The second-order valence-corrected chi connectivity index (χ2v) is 3.36. The standard InChI is InChI=1S/C14H18O/c1-3-5-6-7-8-13-9-11-14(12-10-13)15-4-2/h9-12H,3-6H2,1-2H3. The van der Waals surface area contributed by atoms with Gasteiger partial charge < -0.3 is 4.74 Å². The molecule has 1 rings (SSSR count). The fourth-order valence-electron chi connectivity index (χ4n) is 1.23. The summed E-state index contributed by atoms with van der Waals surface area (Å²) < 4.78 is 5.36. The van der Waals surface area contributed by atoms with Gasteiger partial charge in [-0.3, -0.25) is 0 Å². The van der Waals surface area contributed by atoms with E-state index in [0.29, 0.717) is 6.61 Å². The number of ether oxygens (including phenoxy) is 1. The van der Waals surface area contributed by atoms with Gasteiger partial charge in [0.15, 0.2) is 0 Å². The minimum absolute atomic E-state index is 0.710. The van der Waals surface area contributed by atoms with Gasteiger partial charge in [-0.05, 0) is 37.6 Å². The van der Waals surface area contributed by atoms with Gasteiger partial charge in [-0.1, -0.05) is 25.2 Å². The van der Waals surface area contributed by atoms with E-state index in [0.717, 1.165) is 17.7 Å². The van der Waals surface area contributed by atoms with Crippen LogP contribution in [0.25, 0.3) is 0 Å². The number of hydrogen-bond acceptors (Lipinski definition) is 1. The molecule has 1 aromatic rings. The summed E-state index contributed by atoms with van der Waals surface area (Å²) in [5, 5.41) is 0. The van der Waals surface area contributed by atoms with Gasteiger partial charge in [0.25, 0.3) is 0 Å². The average Bonchev–Trinajstić information content (AvgIpc) is 2.27. The molecule has 0 amide bonds. The third-order valence-corrected chi connectivity index (χ3v) is 2.05. The summed E-state index contributed by atoms with van der Waals surface area (Å²) in [5.41, 5.74) is 1.06. The Labute approximate surface area is 92.5 Å². The van der Waals surface area contributed by atoms with Crippen LogP contribution in [0.15, 0.2) is 24.3 Å². The van der Waals surface area contributed by atoms with E-state index in [1.807, 2.05) is 31.2 Å². The second kappa shape index (κ2) is 6.95. The van der Waals surface area contributed by atoms with Crippen molar-refractivity contribution < 1.29 is 4.74 Å². The molecule has 80 valence electrons. The molecule has 0 radical (unpaired) electrons. The minimum Gasteiger partial charge on any atom is -0.494 e. The molecular weight excluding hydrogens is 184 g/mol. The van der Waals surface area contributed by atoms with Crippen LogP contribution < -0.4 is 4.74 Å². The lowest BCUT2D eigenvalue weighted by atomic mass is 10.2. The molecule has 0 spiro atoms. The lowest BCUT2D eigenvalue weighted by Gasteiger charge is -2.01. The molecule has 1 nitrogen and oxygen atoms in total. The number of benzene rings is 1. The van der Waals surface area contributed by atoms with Crippen molar-refractivity contribution in [3.63, 3.8) is 0 Å². The summed E-state index contributed by atoms with van der Waals surface area (Å²) in [7, 11) is 0. The third-order valence-electron chi connectivity index (χ3n) is 2.05. The van der Waals surface area contributed by atoms with Crippen LogP contribution in [0, 0.1) is 11.8 Å². The molecule has 1 aromatic carbocycles. The van der Waals surface area contributed by atoms with Crippen LogP contribution in [-0.2, 0) is 0 Å². The van der Waals surface area contributed by atoms with Crippen molar-refractivity contribution in [3.8, 4) is 17.6 Å². The average molecular weight is 202 g/mol. The van der Waals surface area contributed by atoms with E-state index >= 15 is 0 Å². The van der Waals surface area contributed by atoms with Gasteiger partial charge in [-0.25, -0.2) is 0 Å². The monoisotopic (exact) mass is 202 g/mol. The van der Waals surface area contributed by atoms with Crippen molar-refractivity contribution in [1.82, 2.24) is 0 Å². The first kappa shape index (κ1) is 11.7. The molecule has 15 heavy (non-hydrogen) atoms. The lowest BCUT2D eigenvalue weighted by molar-refractivity contribution is 0.340. The molecule has 1 heteroatoms. The Hall–Kier alpha value is -1.42. The van der Waals surface area contributed by atoms with E-state index in [1.165, 1.54) is 12.8 Å². The fraction of sp³-hybridized carbons (Fsp3) is 0.429. The highest BCUT2D eigenvalue weighted by atomic mass is 16.5. The van der Waals surface area contributed by atoms with Crippen LogP contribution in [0.3, 0.4) is 0 Å². The lowest BCUT2D eigenvalue weighted by Crippen LogP contribution is -1.90. The Balaban J connectivity index is 2.51. The van der Waals surface area contributed by atoms with Crippen LogP contribution in [-0.4, -0.2) is 6.61 Å². The van der Waals surface area contributed by atoms with Crippen molar-refractivity contribution in [1.29, 1.82) is 0 Å². The summed E-state index contributed by atoms with van der Waals surface area (Å²) in [4.78, 5) is 0. The van der Waals surface area contributed by atoms with E-state index in [2.05, 4.69) is 18.8 Å². The quantitative estimate of drug-likeness (QED) is 0.535. The first-order chi connectivity index (χ1) is 7.36. The van der Waals surface area contributed by atoms with Gasteiger partial charge in [-0.15, -0.1) is 0 Å². The zero-order valence-corrected chi connectivity index (χ0v) is 9.55. The Morgan fingerprint density at radius 2 is 1.87 bits per heavy atom. The Morgan fingerprint density at radius 1 is 1.13 bits per heavy atom. The SMILES string of the molecule is CCCCC#Cc1ccc(OCC)cc1. The zero-order chi connectivity index (χ0) is 10.9. The van der Waals surface area contributed by atoms with E-state index in [9.17, 15) is 0 Å². The molecule has 0 N–H and O–H groups in total. The first-order valence-corrected chi connectivity index (χ1v) is 5.58. The summed E-state index contributed by atoms with van der Waals surface area (Å²) in [6.45, 7) is 4.87. The summed E-state index contributed by atoms with van der Waals surface area (Å²) in [6, 6.07) is 7.94. The molecular formula is C14H18O. The Bertz CT molecular complexity index is 327. The topological polar surface area (TPSA) is 9.23 Å². The molecule has 0 saturated heterocycles. The maximum atomic E-state index is 5.36. The number of unbranched alkanes of at least 4 members (excludes halogenated alkanes) is 2. The van der Waals surface area contributed by atoms with E-state index in [1.54, 1.807) is 0 Å². The van der Waals surface area contributed by atoms with Gasteiger partial charge in [-0.2, -0.15) is 0 Å². The van der Waals surface area contributed by atoms with E-state index in [4.69, 9.17) is 4.74 Å². The molecule has 0 aliphatic heterocycles. The van der Waals surface area contributed by atoms with Crippen molar-refractivity contribution in [2.45, 2.75) is 33.1 Å². The molecule has 0 aliphatic carbocycles. The van der Waals surface area contributed by atoms with Gasteiger partial charge >= 0.3 is 0 Å². The maximum absolute atomic E-state index is 5.36.